The van der Waals surface area contributed by atoms with Crippen LogP contribution in [0.15, 0.2) is 59.5 Å². The summed E-state index contributed by atoms with van der Waals surface area (Å²) in [5.74, 6) is 1.67. The van der Waals surface area contributed by atoms with Gasteiger partial charge in [-0.2, -0.15) is 0 Å². The van der Waals surface area contributed by atoms with E-state index in [2.05, 4.69) is 12.6 Å². The number of rotatable bonds is 2. The molecule has 0 N–H and O–H groups in total. The highest BCUT2D eigenvalue weighted by atomic mass is 32.1. The fourth-order valence-corrected chi connectivity index (χ4v) is 1.40. The van der Waals surface area contributed by atoms with Crippen LogP contribution in [-0.2, 0) is 12.6 Å². The molecule has 0 radical (unpaired) electrons. The van der Waals surface area contributed by atoms with Gasteiger partial charge in [-0.1, -0.05) is 44.2 Å². The SMILES string of the molecule is CC.[SH2+]c1ccccc1Oc1ccccc1. The largest absolute Gasteiger partial charge is 0.452 e. The second kappa shape index (κ2) is 6.96. The lowest BCUT2D eigenvalue weighted by atomic mass is 10.3. The molecule has 0 saturated carbocycles. The van der Waals surface area contributed by atoms with Gasteiger partial charge in [0, 0.05) is 0 Å². The minimum atomic E-state index is 0.829. The Morgan fingerprint density at radius 3 is 2.00 bits per heavy atom. The average molecular weight is 233 g/mol. The maximum atomic E-state index is 5.66. The van der Waals surface area contributed by atoms with Crippen molar-refractivity contribution < 1.29 is 4.74 Å². The number of para-hydroxylation sites is 2. The van der Waals surface area contributed by atoms with Crippen LogP contribution in [-0.4, -0.2) is 0 Å². The Morgan fingerprint density at radius 2 is 1.38 bits per heavy atom. The lowest BCUT2D eigenvalue weighted by molar-refractivity contribution is 0.471. The summed E-state index contributed by atoms with van der Waals surface area (Å²) in [5.41, 5.74) is 0. The maximum Gasteiger partial charge on any atom is 0.192 e. The van der Waals surface area contributed by atoms with Crippen LogP contribution in [0, 0.1) is 0 Å². The maximum absolute atomic E-state index is 5.66. The van der Waals surface area contributed by atoms with Gasteiger partial charge < -0.3 is 4.74 Å². The highest BCUT2D eigenvalue weighted by molar-refractivity contribution is 7.58. The quantitative estimate of drug-likeness (QED) is 0.715. The van der Waals surface area contributed by atoms with Crippen LogP contribution in [0.2, 0.25) is 0 Å². The van der Waals surface area contributed by atoms with Crippen molar-refractivity contribution in [2.45, 2.75) is 18.7 Å². The molecule has 2 rings (SSSR count). The van der Waals surface area contributed by atoms with Crippen molar-refractivity contribution in [2.75, 3.05) is 0 Å². The van der Waals surface area contributed by atoms with E-state index in [0.29, 0.717) is 0 Å². The van der Waals surface area contributed by atoms with E-state index in [1.807, 2.05) is 68.4 Å². The predicted octanol–water partition coefficient (Wildman–Crippen LogP) is 3.88. The van der Waals surface area contributed by atoms with E-state index in [1.54, 1.807) is 0 Å². The fraction of sp³-hybridized carbons (Fsp3) is 0.143. The molecule has 0 aliphatic heterocycles. The molecule has 0 atom stereocenters. The van der Waals surface area contributed by atoms with Crippen LogP contribution in [0.1, 0.15) is 13.8 Å². The Labute approximate surface area is 102 Å². The zero-order valence-electron chi connectivity index (χ0n) is 9.60. The minimum absolute atomic E-state index is 0.829. The Bertz CT molecular complexity index is 412. The standard InChI is InChI=1S/C12H10OS.C2H6/c14-12-9-5-4-8-11(12)13-10-6-2-1-3-7-10;1-2/h1-9,14H;1-2H3/p+1. The first kappa shape index (κ1) is 12.7. The molecule has 0 bridgehead atoms. The molecule has 84 valence electrons. The van der Waals surface area contributed by atoms with Crippen molar-refractivity contribution in [1.29, 1.82) is 0 Å². The molecule has 0 aliphatic rings. The van der Waals surface area contributed by atoms with Gasteiger partial charge in [0.1, 0.15) is 5.75 Å². The molecule has 0 amide bonds. The molecule has 0 heterocycles. The Balaban J connectivity index is 0.000000606. The third-order valence-corrected chi connectivity index (χ3v) is 2.27. The molecule has 0 unspecified atom stereocenters. The van der Waals surface area contributed by atoms with Gasteiger partial charge in [0.05, 0.1) is 0 Å². The van der Waals surface area contributed by atoms with Gasteiger partial charge in [-0.05, 0) is 36.9 Å². The van der Waals surface area contributed by atoms with Gasteiger partial charge in [0.2, 0.25) is 0 Å². The Morgan fingerprint density at radius 1 is 0.812 bits per heavy atom. The molecule has 1 nitrogen and oxygen atoms in total. The van der Waals surface area contributed by atoms with Crippen LogP contribution in [0.3, 0.4) is 0 Å². The van der Waals surface area contributed by atoms with Crippen molar-refractivity contribution in [3.63, 3.8) is 0 Å². The topological polar surface area (TPSA) is 9.23 Å². The second-order valence-corrected chi connectivity index (χ2v) is 3.45. The first-order chi connectivity index (χ1) is 7.86. The average Bonchev–Trinajstić information content (AvgIpc) is 2.36. The van der Waals surface area contributed by atoms with Crippen molar-refractivity contribution in [3.8, 4) is 11.5 Å². The van der Waals surface area contributed by atoms with Crippen LogP contribution < -0.4 is 4.74 Å². The van der Waals surface area contributed by atoms with Crippen LogP contribution >= 0.6 is 0 Å². The summed E-state index contributed by atoms with van der Waals surface area (Å²) in [6.07, 6.45) is 0. The molecular weight excluding hydrogens is 216 g/mol. The molecule has 2 aromatic carbocycles. The van der Waals surface area contributed by atoms with E-state index in [0.717, 1.165) is 16.4 Å². The van der Waals surface area contributed by atoms with Crippen LogP contribution in [0.25, 0.3) is 0 Å². The monoisotopic (exact) mass is 233 g/mol. The van der Waals surface area contributed by atoms with E-state index >= 15 is 0 Å². The van der Waals surface area contributed by atoms with Gasteiger partial charge in [0.25, 0.3) is 0 Å². The van der Waals surface area contributed by atoms with Crippen LogP contribution in [0.5, 0.6) is 11.5 Å². The zero-order chi connectivity index (χ0) is 11.8. The second-order valence-electron chi connectivity index (χ2n) is 2.91. The normalized spacial score (nSPS) is 8.94. The first-order valence-electron chi connectivity index (χ1n) is 5.40. The molecule has 0 saturated heterocycles. The molecule has 0 fully saturated rings. The van der Waals surface area contributed by atoms with Gasteiger partial charge in [-0.25, -0.2) is 0 Å². The van der Waals surface area contributed by atoms with E-state index in [9.17, 15) is 0 Å². The zero-order valence-corrected chi connectivity index (χ0v) is 10.6. The van der Waals surface area contributed by atoms with Gasteiger partial charge in [-0.15, -0.1) is 0 Å². The summed E-state index contributed by atoms with van der Waals surface area (Å²) in [6, 6.07) is 17.5. The van der Waals surface area contributed by atoms with E-state index in [4.69, 9.17) is 4.74 Å². The lowest BCUT2D eigenvalue weighted by Gasteiger charge is -2.04. The Kier molecular flexibility index (Phi) is 5.51. The molecule has 2 heteroatoms. The predicted molar refractivity (Wildman–Crippen MR) is 72.7 cm³/mol. The summed E-state index contributed by atoms with van der Waals surface area (Å²) >= 11 is 3.48. The fourth-order valence-electron chi connectivity index (χ4n) is 1.17. The number of ether oxygens (including phenoxy) is 1. The third-order valence-electron chi connectivity index (χ3n) is 1.86. The van der Waals surface area contributed by atoms with Gasteiger partial charge in [-0.3, -0.25) is 0 Å². The Hall–Kier alpha value is -1.41. The molecule has 0 aliphatic carbocycles. The number of hydrogen-bond donors (Lipinski definition) is 0. The van der Waals surface area contributed by atoms with Gasteiger partial charge in [0.15, 0.2) is 10.6 Å². The number of benzene rings is 2. The van der Waals surface area contributed by atoms with E-state index in [-0.39, 0.29) is 0 Å². The smallest absolute Gasteiger partial charge is 0.192 e. The molecule has 0 aromatic heterocycles. The molecular formula is C14H17OS+. The summed E-state index contributed by atoms with van der Waals surface area (Å²) in [6.45, 7) is 4.00. The summed E-state index contributed by atoms with van der Waals surface area (Å²) < 4.78 is 5.66. The summed E-state index contributed by atoms with van der Waals surface area (Å²) in [7, 11) is 0. The highest BCUT2D eigenvalue weighted by Gasteiger charge is 2.03. The van der Waals surface area contributed by atoms with Crippen molar-refractivity contribution >= 4 is 12.6 Å². The molecule has 16 heavy (non-hydrogen) atoms. The number of hydrogen-bond acceptors (Lipinski definition) is 1. The third kappa shape index (κ3) is 3.63. The first-order valence-corrected chi connectivity index (χ1v) is 5.90. The molecule has 0 spiro atoms. The minimum Gasteiger partial charge on any atom is -0.452 e. The van der Waals surface area contributed by atoms with Crippen LogP contribution in [0.4, 0.5) is 0 Å². The highest BCUT2D eigenvalue weighted by Crippen LogP contribution is 2.24. The van der Waals surface area contributed by atoms with Gasteiger partial charge >= 0.3 is 0 Å². The van der Waals surface area contributed by atoms with E-state index in [1.165, 1.54) is 0 Å². The van der Waals surface area contributed by atoms with Crippen molar-refractivity contribution in [3.05, 3.63) is 54.6 Å². The van der Waals surface area contributed by atoms with E-state index < -0.39 is 0 Å². The summed E-state index contributed by atoms with van der Waals surface area (Å²) in [5, 5.41) is 0. The lowest BCUT2D eigenvalue weighted by Crippen LogP contribution is -1.85. The summed E-state index contributed by atoms with van der Waals surface area (Å²) in [4.78, 5) is 0.955. The van der Waals surface area contributed by atoms with Crippen molar-refractivity contribution in [2.24, 2.45) is 0 Å². The molecule has 2 aromatic rings. The van der Waals surface area contributed by atoms with Crippen molar-refractivity contribution in [1.82, 2.24) is 0 Å².